The SMILES string of the molecule is CCC(=O)Nc1ccc2c(c1)/C(=C/c1ccc[nH]1)C(=O)N2. The molecule has 21 heavy (non-hydrogen) atoms. The molecule has 0 radical (unpaired) electrons. The maximum atomic E-state index is 12.1. The fourth-order valence-corrected chi connectivity index (χ4v) is 2.25. The predicted octanol–water partition coefficient (Wildman–Crippen LogP) is 2.86. The Morgan fingerprint density at radius 1 is 1.33 bits per heavy atom. The van der Waals surface area contributed by atoms with E-state index in [-0.39, 0.29) is 11.8 Å². The minimum atomic E-state index is -0.140. The molecule has 5 nitrogen and oxygen atoms in total. The van der Waals surface area contributed by atoms with Gasteiger partial charge in [0, 0.05) is 35.2 Å². The summed E-state index contributed by atoms with van der Waals surface area (Å²) in [5.74, 6) is -0.194. The zero-order valence-electron chi connectivity index (χ0n) is 11.6. The monoisotopic (exact) mass is 281 g/mol. The Morgan fingerprint density at radius 2 is 2.19 bits per heavy atom. The number of aromatic nitrogens is 1. The van der Waals surface area contributed by atoms with Crippen molar-refractivity contribution >= 4 is 34.8 Å². The Balaban J connectivity index is 1.98. The molecule has 1 aliphatic rings. The topological polar surface area (TPSA) is 74.0 Å². The lowest BCUT2D eigenvalue weighted by atomic mass is 10.1. The molecule has 1 aromatic heterocycles. The van der Waals surface area contributed by atoms with Crippen LogP contribution in [0.15, 0.2) is 36.5 Å². The second-order valence-corrected chi connectivity index (χ2v) is 4.80. The van der Waals surface area contributed by atoms with Gasteiger partial charge in [0.2, 0.25) is 5.91 Å². The number of amides is 2. The largest absolute Gasteiger partial charge is 0.362 e. The van der Waals surface area contributed by atoms with Gasteiger partial charge in [-0.3, -0.25) is 9.59 Å². The molecule has 1 aliphatic heterocycles. The summed E-state index contributed by atoms with van der Waals surface area (Å²) in [6.07, 6.45) is 4.02. The van der Waals surface area contributed by atoms with Gasteiger partial charge in [-0.25, -0.2) is 0 Å². The van der Waals surface area contributed by atoms with E-state index in [0.717, 1.165) is 16.9 Å². The number of H-pyrrole nitrogens is 1. The number of carbonyl (C=O) groups excluding carboxylic acids is 2. The molecule has 0 aliphatic carbocycles. The van der Waals surface area contributed by atoms with E-state index in [1.54, 1.807) is 31.3 Å². The van der Waals surface area contributed by atoms with Gasteiger partial charge in [-0.2, -0.15) is 0 Å². The van der Waals surface area contributed by atoms with Crippen molar-refractivity contribution in [1.29, 1.82) is 0 Å². The van der Waals surface area contributed by atoms with Crippen molar-refractivity contribution < 1.29 is 9.59 Å². The molecule has 2 amide bonds. The molecule has 0 atom stereocenters. The molecule has 106 valence electrons. The minimum absolute atomic E-state index is 0.0536. The lowest BCUT2D eigenvalue weighted by molar-refractivity contribution is -0.116. The summed E-state index contributed by atoms with van der Waals surface area (Å²) in [7, 11) is 0. The second kappa shape index (κ2) is 5.28. The Bertz CT molecular complexity index is 730. The Kier molecular flexibility index (Phi) is 3.31. The fraction of sp³-hybridized carbons (Fsp3) is 0.125. The van der Waals surface area contributed by atoms with E-state index in [4.69, 9.17) is 0 Å². The highest BCUT2D eigenvalue weighted by molar-refractivity contribution is 6.35. The van der Waals surface area contributed by atoms with E-state index < -0.39 is 0 Å². The van der Waals surface area contributed by atoms with Crippen LogP contribution in [0.25, 0.3) is 11.6 Å². The van der Waals surface area contributed by atoms with Gasteiger partial charge in [-0.05, 0) is 36.4 Å². The van der Waals surface area contributed by atoms with Gasteiger partial charge >= 0.3 is 0 Å². The summed E-state index contributed by atoms with van der Waals surface area (Å²) in [4.78, 5) is 26.6. The first-order valence-corrected chi connectivity index (χ1v) is 6.78. The van der Waals surface area contributed by atoms with Crippen LogP contribution in [-0.2, 0) is 9.59 Å². The van der Waals surface area contributed by atoms with Crippen LogP contribution in [-0.4, -0.2) is 16.8 Å². The third kappa shape index (κ3) is 2.58. The Labute approximate surface area is 122 Å². The van der Waals surface area contributed by atoms with Gasteiger partial charge < -0.3 is 15.6 Å². The van der Waals surface area contributed by atoms with E-state index in [1.807, 2.05) is 18.2 Å². The maximum absolute atomic E-state index is 12.1. The first-order valence-electron chi connectivity index (χ1n) is 6.78. The number of carbonyl (C=O) groups is 2. The van der Waals surface area contributed by atoms with Crippen molar-refractivity contribution in [3.05, 3.63) is 47.8 Å². The fourth-order valence-electron chi connectivity index (χ4n) is 2.25. The van der Waals surface area contributed by atoms with Crippen LogP contribution < -0.4 is 10.6 Å². The number of nitrogens with one attached hydrogen (secondary N) is 3. The molecular weight excluding hydrogens is 266 g/mol. The van der Waals surface area contributed by atoms with Gasteiger partial charge in [-0.15, -0.1) is 0 Å². The number of benzene rings is 1. The molecule has 0 bridgehead atoms. The smallest absolute Gasteiger partial charge is 0.256 e. The normalized spacial score (nSPS) is 14.9. The quantitative estimate of drug-likeness (QED) is 0.757. The average Bonchev–Trinajstić information content (AvgIpc) is 3.08. The zero-order valence-corrected chi connectivity index (χ0v) is 11.6. The standard InChI is InChI=1S/C16H15N3O2/c1-2-15(20)18-11-5-6-14-12(9-11)13(16(21)19-14)8-10-4-3-7-17-10/h3-9,17H,2H2,1H3,(H,18,20)(H,19,21)/b13-8-. The minimum Gasteiger partial charge on any atom is -0.362 e. The molecule has 5 heteroatoms. The van der Waals surface area contributed by atoms with Crippen LogP contribution in [0.5, 0.6) is 0 Å². The van der Waals surface area contributed by atoms with Gasteiger partial charge in [-0.1, -0.05) is 6.92 Å². The Morgan fingerprint density at radius 3 is 2.90 bits per heavy atom. The molecule has 3 rings (SSSR count). The molecule has 2 aromatic rings. The number of hydrogen-bond acceptors (Lipinski definition) is 2. The highest BCUT2D eigenvalue weighted by Crippen LogP contribution is 2.34. The number of hydrogen-bond donors (Lipinski definition) is 3. The lowest BCUT2D eigenvalue weighted by Crippen LogP contribution is -2.09. The third-order valence-electron chi connectivity index (χ3n) is 3.33. The van der Waals surface area contributed by atoms with Crippen LogP contribution in [0.1, 0.15) is 24.6 Å². The second-order valence-electron chi connectivity index (χ2n) is 4.80. The zero-order chi connectivity index (χ0) is 14.8. The molecule has 0 spiro atoms. The number of anilines is 2. The molecular formula is C16H15N3O2. The van der Waals surface area contributed by atoms with E-state index in [0.29, 0.717) is 17.7 Å². The summed E-state index contributed by atoms with van der Waals surface area (Å²) < 4.78 is 0. The molecule has 3 N–H and O–H groups in total. The number of rotatable bonds is 3. The van der Waals surface area contributed by atoms with E-state index >= 15 is 0 Å². The van der Waals surface area contributed by atoms with Gasteiger partial charge in [0.1, 0.15) is 0 Å². The predicted molar refractivity (Wildman–Crippen MR) is 82.7 cm³/mol. The van der Waals surface area contributed by atoms with Crippen LogP contribution in [0.4, 0.5) is 11.4 Å². The first-order chi connectivity index (χ1) is 10.2. The van der Waals surface area contributed by atoms with Crippen molar-refractivity contribution in [3.63, 3.8) is 0 Å². The van der Waals surface area contributed by atoms with Crippen molar-refractivity contribution in [2.75, 3.05) is 10.6 Å². The average molecular weight is 281 g/mol. The van der Waals surface area contributed by atoms with E-state index in [9.17, 15) is 9.59 Å². The van der Waals surface area contributed by atoms with E-state index in [1.165, 1.54) is 0 Å². The van der Waals surface area contributed by atoms with Crippen LogP contribution >= 0.6 is 0 Å². The lowest BCUT2D eigenvalue weighted by Gasteiger charge is -2.06. The summed E-state index contributed by atoms with van der Waals surface area (Å²) in [6.45, 7) is 1.80. The van der Waals surface area contributed by atoms with Gasteiger partial charge in [0.05, 0.1) is 5.57 Å². The third-order valence-corrected chi connectivity index (χ3v) is 3.33. The van der Waals surface area contributed by atoms with E-state index in [2.05, 4.69) is 15.6 Å². The number of aromatic amines is 1. The van der Waals surface area contributed by atoms with Crippen molar-refractivity contribution in [1.82, 2.24) is 4.98 Å². The highest BCUT2D eigenvalue weighted by Gasteiger charge is 2.24. The van der Waals surface area contributed by atoms with Crippen molar-refractivity contribution in [2.24, 2.45) is 0 Å². The molecule has 0 unspecified atom stereocenters. The maximum Gasteiger partial charge on any atom is 0.256 e. The molecule has 1 aromatic carbocycles. The number of fused-ring (bicyclic) bond motifs is 1. The van der Waals surface area contributed by atoms with Crippen LogP contribution in [0.3, 0.4) is 0 Å². The molecule has 2 heterocycles. The molecule has 0 saturated carbocycles. The molecule has 0 saturated heterocycles. The van der Waals surface area contributed by atoms with Crippen molar-refractivity contribution in [3.8, 4) is 0 Å². The summed E-state index contributed by atoms with van der Waals surface area (Å²) in [6, 6.07) is 9.16. The van der Waals surface area contributed by atoms with Crippen LogP contribution in [0, 0.1) is 0 Å². The highest BCUT2D eigenvalue weighted by atomic mass is 16.2. The van der Waals surface area contributed by atoms with Crippen molar-refractivity contribution in [2.45, 2.75) is 13.3 Å². The first kappa shape index (κ1) is 13.2. The van der Waals surface area contributed by atoms with Crippen LogP contribution in [0.2, 0.25) is 0 Å². The molecule has 0 fully saturated rings. The van der Waals surface area contributed by atoms with Gasteiger partial charge in [0.15, 0.2) is 0 Å². The summed E-state index contributed by atoms with van der Waals surface area (Å²) in [5.41, 5.74) is 3.68. The van der Waals surface area contributed by atoms with Gasteiger partial charge in [0.25, 0.3) is 5.91 Å². The summed E-state index contributed by atoms with van der Waals surface area (Å²) >= 11 is 0. The Hall–Kier alpha value is -2.82. The summed E-state index contributed by atoms with van der Waals surface area (Å²) in [5, 5.41) is 5.62.